The van der Waals surface area contributed by atoms with Crippen LogP contribution >= 0.6 is 0 Å². The molecule has 2 aliphatic rings. The van der Waals surface area contributed by atoms with Crippen molar-refractivity contribution in [2.45, 2.75) is 32.6 Å². The van der Waals surface area contributed by atoms with Crippen molar-refractivity contribution >= 4 is 11.6 Å². The fraction of sp³-hybridized carbons (Fsp3) is 0.692. The quantitative estimate of drug-likeness (QED) is 0.838. The van der Waals surface area contributed by atoms with E-state index in [2.05, 4.69) is 15.3 Å². The minimum atomic E-state index is 0.579. The minimum absolute atomic E-state index is 0.579. The van der Waals surface area contributed by atoms with Gasteiger partial charge in [-0.05, 0) is 43.9 Å². The maximum atomic E-state index is 5.77. The number of hydrogen-bond donors (Lipinski definition) is 2. The average Bonchev–Trinajstić information content (AvgIpc) is 2.93. The summed E-state index contributed by atoms with van der Waals surface area (Å²) in [5, 5.41) is 3.45. The Balaban J connectivity index is 1.62. The summed E-state index contributed by atoms with van der Waals surface area (Å²) in [6.07, 6.45) is 7.28. The second-order valence-electron chi connectivity index (χ2n) is 5.55. The van der Waals surface area contributed by atoms with Crippen molar-refractivity contribution < 1.29 is 0 Å². The summed E-state index contributed by atoms with van der Waals surface area (Å²) in [4.78, 5) is 8.24. The van der Waals surface area contributed by atoms with Crippen LogP contribution in [0.5, 0.6) is 0 Å². The van der Waals surface area contributed by atoms with E-state index in [9.17, 15) is 0 Å². The molecular weight excluding hydrogens is 212 g/mol. The number of nitrogens with zero attached hydrogens (tertiary/aromatic N) is 2. The van der Waals surface area contributed by atoms with Gasteiger partial charge in [-0.25, -0.2) is 9.97 Å². The first-order valence-corrected chi connectivity index (χ1v) is 6.55. The molecule has 1 heterocycles. The van der Waals surface area contributed by atoms with Crippen LogP contribution in [-0.2, 0) is 0 Å². The highest BCUT2D eigenvalue weighted by Gasteiger charge is 2.39. The first kappa shape index (κ1) is 10.8. The van der Waals surface area contributed by atoms with E-state index >= 15 is 0 Å². The van der Waals surface area contributed by atoms with E-state index in [1.807, 2.05) is 6.92 Å². The van der Waals surface area contributed by atoms with Gasteiger partial charge in [0.25, 0.3) is 0 Å². The number of rotatable bonds is 3. The Morgan fingerprint density at radius 3 is 2.94 bits per heavy atom. The molecule has 2 fully saturated rings. The summed E-state index contributed by atoms with van der Waals surface area (Å²) in [6.45, 7) is 3.01. The zero-order chi connectivity index (χ0) is 11.8. The maximum absolute atomic E-state index is 5.77. The van der Waals surface area contributed by atoms with E-state index in [0.29, 0.717) is 5.82 Å². The Morgan fingerprint density at radius 1 is 1.35 bits per heavy atom. The van der Waals surface area contributed by atoms with Crippen molar-refractivity contribution in [3.63, 3.8) is 0 Å². The van der Waals surface area contributed by atoms with Crippen LogP contribution in [0.1, 0.15) is 31.2 Å². The normalized spacial score (nSPS) is 30.8. The Labute approximate surface area is 102 Å². The third kappa shape index (κ3) is 1.96. The van der Waals surface area contributed by atoms with Gasteiger partial charge in [0.15, 0.2) is 0 Å². The molecular formula is C13H20N4. The molecule has 4 nitrogen and oxygen atoms in total. The molecule has 3 unspecified atom stereocenters. The molecule has 3 atom stereocenters. The van der Waals surface area contributed by atoms with Crippen molar-refractivity contribution in [2.24, 2.45) is 17.8 Å². The van der Waals surface area contributed by atoms with Crippen LogP contribution in [0, 0.1) is 24.7 Å². The lowest BCUT2D eigenvalue weighted by Gasteiger charge is -2.22. The fourth-order valence-corrected chi connectivity index (χ4v) is 3.50. The molecule has 2 aliphatic carbocycles. The summed E-state index contributed by atoms with van der Waals surface area (Å²) >= 11 is 0. The van der Waals surface area contributed by atoms with Crippen LogP contribution in [0.2, 0.25) is 0 Å². The van der Waals surface area contributed by atoms with E-state index in [-0.39, 0.29) is 0 Å². The number of aromatic nitrogens is 2. The van der Waals surface area contributed by atoms with E-state index < -0.39 is 0 Å². The molecule has 0 aliphatic heterocycles. The van der Waals surface area contributed by atoms with Gasteiger partial charge in [-0.3, -0.25) is 0 Å². The number of nitrogens with two attached hydrogens (primary N) is 1. The van der Waals surface area contributed by atoms with E-state index in [4.69, 9.17) is 5.73 Å². The fourth-order valence-electron chi connectivity index (χ4n) is 3.50. The van der Waals surface area contributed by atoms with E-state index in [1.54, 1.807) is 0 Å². The topological polar surface area (TPSA) is 63.8 Å². The van der Waals surface area contributed by atoms with Crippen LogP contribution in [0.3, 0.4) is 0 Å². The molecule has 0 aromatic carbocycles. The minimum Gasteiger partial charge on any atom is -0.383 e. The Hall–Kier alpha value is -1.32. The molecule has 4 heteroatoms. The van der Waals surface area contributed by atoms with Crippen molar-refractivity contribution in [1.29, 1.82) is 0 Å². The molecule has 0 spiro atoms. The van der Waals surface area contributed by atoms with Crippen LogP contribution in [-0.4, -0.2) is 16.5 Å². The Bertz CT molecular complexity index is 418. The van der Waals surface area contributed by atoms with Crippen molar-refractivity contribution in [3.05, 3.63) is 11.9 Å². The molecule has 3 N–H and O–H groups in total. The van der Waals surface area contributed by atoms with Gasteiger partial charge in [0.2, 0.25) is 0 Å². The summed E-state index contributed by atoms with van der Waals surface area (Å²) in [6, 6.07) is 0. The van der Waals surface area contributed by atoms with Gasteiger partial charge in [-0.15, -0.1) is 0 Å². The predicted molar refractivity (Wildman–Crippen MR) is 68.6 cm³/mol. The summed E-state index contributed by atoms with van der Waals surface area (Å²) < 4.78 is 0. The molecule has 0 saturated heterocycles. The molecule has 92 valence electrons. The zero-order valence-corrected chi connectivity index (χ0v) is 10.3. The number of nitrogen functional groups attached to an aromatic ring is 1. The van der Waals surface area contributed by atoms with Gasteiger partial charge >= 0.3 is 0 Å². The lowest BCUT2D eigenvalue weighted by molar-refractivity contribution is 0.348. The third-order valence-electron chi connectivity index (χ3n) is 4.54. The zero-order valence-electron chi connectivity index (χ0n) is 10.3. The first-order chi connectivity index (χ1) is 8.24. The monoisotopic (exact) mass is 232 g/mol. The lowest BCUT2D eigenvalue weighted by atomic mass is 9.89. The number of nitrogens with one attached hydrogen (secondary N) is 1. The largest absolute Gasteiger partial charge is 0.383 e. The highest BCUT2D eigenvalue weighted by Crippen LogP contribution is 2.48. The van der Waals surface area contributed by atoms with Gasteiger partial charge in [0.05, 0.1) is 0 Å². The van der Waals surface area contributed by atoms with Crippen LogP contribution in [0.25, 0.3) is 0 Å². The van der Waals surface area contributed by atoms with Gasteiger partial charge < -0.3 is 11.1 Å². The molecule has 0 amide bonds. The standard InChI is InChI=1S/C13H20N4/c1-8-12(14)16-7-17-13(8)15-6-11-5-9-2-3-10(11)4-9/h7,9-11H,2-6H2,1H3,(H3,14,15,16,17). The molecule has 1 aromatic heterocycles. The molecule has 0 radical (unpaired) electrons. The summed E-state index contributed by atoms with van der Waals surface area (Å²) in [5.74, 6) is 4.27. The first-order valence-electron chi connectivity index (χ1n) is 6.55. The molecule has 2 bridgehead atoms. The number of anilines is 2. The highest BCUT2D eigenvalue weighted by atomic mass is 15.0. The van der Waals surface area contributed by atoms with Crippen LogP contribution in [0.15, 0.2) is 6.33 Å². The Kier molecular flexibility index (Phi) is 2.65. The smallest absolute Gasteiger partial charge is 0.134 e. The average molecular weight is 232 g/mol. The van der Waals surface area contributed by atoms with Crippen molar-refractivity contribution in [2.75, 3.05) is 17.6 Å². The second-order valence-corrected chi connectivity index (χ2v) is 5.55. The molecule has 2 saturated carbocycles. The van der Waals surface area contributed by atoms with Gasteiger partial charge in [0, 0.05) is 12.1 Å². The Morgan fingerprint density at radius 2 is 2.24 bits per heavy atom. The van der Waals surface area contributed by atoms with E-state index in [0.717, 1.165) is 35.7 Å². The molecule has 1 aromatic rings. The lowest BCUT2D eigenvalue weighted by Crippen LogP contribution is -2.21. The van der Waals surface area contributed by atoms with Crippen LogP contribution < -0.4 is 11.1 Å². The molecule has 3 rings (SSSR count). The SMILES string of the molecule is Cc1c(N)ncnc1NCC1CC2CCC1C2. The second kappa shape index (κ2) is 4.17. The molecule has 17 heavy (non-hydrogen) atoms. The summed E-state index contributed by atoms with van der Waals surface area (Å²) in [5.41, 5.74) is 6.74. The van der Waals surface area contributed by atoms with Gasteiger partial charge in [0.1, 0.15) is 18.0 Å². The van der Waals surface area contributed by atoms with Crippen LogP contribution in [0.4, 0.5) is 11.6 Å². The number of hydrogen-bond acceptors (Lipinski definition) is 4. The maximum Gasteiger partial charge on any atom is 0.134 e. The van der Waals surface area contributed by atoms with E-state index in [1.165, 1.54) is 32.0 Å². The predicted octanol–water partition coefficient (Wildman–Crippen LogP) is 2.22. The van der Waals surface area contributed by atoms with Gasteiger partial charge in [-0.2, -0.15) is 0 Å². The van der Waals surface area contributed by atoms with Crippen molar-refractivity contribution in [1.82, 2.24) is 9.97 Å². The van der Waals surface area contributed by atoms with Gasteiger partial charge in [-0.1, -0.05) is 6.42 Å². The highest BCUT2D eigenvalue weighted by molar-refractivity contribution is 5.53. The third-order valence-corrected chi connectivity index (χ3v) is 4.54. The summed E-state index contributed by atoms with van der Waals surface area (Å²) in [7, 11) is 0. The van der Waals surface area contributed by atoms with Crippen molar-refractivity contribution in [3.8, 4) is 0 Å². The number of fused-ring (bicyclic) bond motifs is 2.